The molecule has 6 N–H and O–H groups in total. The Hall–Kier alpha value is -6.05. The summed E-state index contributed by atoms with van der Waals surface area (Å²) in [7, 11) is 1.42. The van der Waals surface area contributed by atoms with Gasteiger partial charge >= 0.3 is 12.2 Å². The van der Waals surface area contributed by atoms with Crippen LogP contribution in [0.2, 0.25) is 0 Å². The summed E-state index contributed by atoms with van der Waals surface area (Å²) in [6.07, 6.45) is 0.739. The maximum Gasteiger partial charge on any atom is 0.407 e. The summed E-state index contributed by atoms with van der Waals surface area (Å²) < 4.78 is 23.3. The molecule has 2 aromatic carbocycles. The topological polar surface area (TPSA) is 249 Å². The van der Waals surface area contributed by atoms with Crippen molar-refractivity contribution in [3.8, 4) is 22.6 Å². The van der Waals surface area contributed by atoms with E-state index in [0.29, 0.717) is 22.4 Å². The average Bonchev–Trinajstić information content (AvgIpc) is 3.20. The van der Waals surface area contributed by atoms with Crippen LogP contribution in [-0.4, -0.2) is 133 Å². The van der Waals surface area contributed by atoms with Gasteiger partial charge in [-0.3, -0.25) is 28.8 Å². The molecular weight excluding hydrogens is 875 g/mol. The fourth-order valence-electron chi connectivity index (χ4n) is 6.53. The molecule has 0 aliphatic carbocycles. The lowest BCUT2D eigenvalue weighted by atomic mass is 9.93. The molecule has 0 saturated heterocycles. The Morgan fingerprint density at radius 3 is 1.86 bits per heavy atom. The summed E-state index contributed by atoms with van der Waals surface area (Å²) in [6, 6.07) is 4.14. The first-order chi connectivity index (χ1) is 30.8. The number of carbonyl (C=O) groups excluding carboxylic acids is 8. The minimum Gasteiger partial charge on any atom is -0.491 e. The van der Waals surface area contributed by atoms with Gasteiger partial charge in [0, 0.05) is 31.5 Å². The molecule has 1 aliphatic heterocycles. The third-order valence-electron chi connectivity index (χ3n) is 9.77. The molecule has 5 atom stereocenters. The van der Waals surface area contributed by atoms with Crippen molar-refractivity contribution in [3.05, 3.63) is 47.5 Å². The molecule has 20 heteroatoms. The van der Waals surface area contributed by atoms with Gasteiger partial charge in [0.05, 0.1) is 19.1 Å². The Labute approximate surface area is 391 Å². The molecule has 4 bridgehead atoms. The number of benzene rings is 2. The minimum absolute atomic E-state index is 0.0335. The van der Waals surface area contributed by atoms with Gasteiger partial charge in [0.2, 0.25) is 29.5 Å². The Bertz CT molecular complexity index is 2090. The number of hydrogen-bond acceptors (Lipinski definition) is 13. The van der Waals surface area contributed by atoms with Crippen LogP contribution in [0.5, 0.6) is 11.5 Å². The second-order valence-electron chi connectivity index (χ2n) is 17.9. The third kappa shape index (κ3) is 17.4. The van der Waals surface area contributed by atoms with Crippen LogP contribution in [0.4, 0.5) is 9.59 Å². The Balaban J connectivity index is 2.30. The van der Waals surface area contributed by atoms with Crippen molar-refractivity contribution in [1.29, 1.82) is 0 Å². The molecule has 2 aromatic rings. The van der Waals surface area contributed by atoms with Crippen molar-refractivity contribution < 1.29 is 57.3 Å². The number of nitrogens with one attached hydrogen (secondary N) is 6. The molecule has 0 saturated carbocycles. The zero-order chi connectivity index (χ0) is 49.5. The first-order valence-corrected chi connectivity index (χ1v) is 23.1. The number of thioether (sulfide) groups is 1. The van der Waals surface area contributed by atoms with Crippen molar-refractivity contribution in [1.82, 2.24) is 36.8 Å². The molecule has 0 unspecified atom stereocenters. The van der Waals surface area contributed by atoms with Crippen LogP contribution in [0.1, 0.15) is 92.8 Å². The van der Waals surface area contributed by atoms with Crippen LogP contribution in [0.15, 0.2) is 36.4 Å². The van der Waals surface area contributed by atoms with Crippen LogP contribution in [0.3, 0.4) is 0 Å². The Morgan fingerprint density at radius 2 is 1.35 bits per heavy atom. The van der Waals surface area contributed by atoms with Crippen LogP contribution in [0.25, 0.3) is 11.1 Å². The van der Waals surface area contributed by atoms with Crippen molar-refractivity contribution in [2.75, 3.05) is 45.4 Å². The van der Waals surface area contributed by atoms with Gasteiger partial charge in [-0.05, 0) is 116 Å². The second-order valence-corrected chi connectivity index (χ2v) is 18.8. The number of alkyl carbamates (subject to hydrolysis) is 2. The summed E-state index contributed by atoms with van der Waals surface area (Å²) in [5, 5.41) is 16.1. The zero-order valence-electron chi connectivity index (χ0n) is 40.1. The lowest BCUT2D eigenvalue weighted by Gasteiger charge is -2.32. The van der Waals surface area contributed by atoms with E-state index in [-0.39, 0.29) is 62.0 Å². The fourth-order valence-corrected chi connectivity index (χ4v) is 7.00. The largest absolute Gasteiger partial charge is 0.491 e. The number of rotatable bonds is 17. The van der Waals surface area contributed by atoms with Crippen LogP contribution in [0, 0.1) is 0 Å². The van der Waals surface area contributed by atoms with Gasteiger partial charge in [0.1, 0.15) is 60.1 Å². The van der Waals surface area contributed by atoms with Gasteiger partial charge in [-0.25, -0.2) is 9.59 Å². The normalized spacial score (nSPS) is 17.2. The molecule has 1 aliphatic rings. The maximum atomic E-state index is 14.6. The predicted octanol–water partition coefficient (Wildman–Crippen LogP) is 3.56. The molecule has 0 aromatic heterocycles. The van der Waals surface area contributed by atoms with Crippen molar-refractivity contribution in [2.24, 2.45) is 0 Å². The van der Waals surface area contributed by atoms with Gasteiger partial charge in [-0.1, -0.05) is 12.1 Å². The quantitative estimate of drug-likeness (QED) is 0.124. The molecule has 0 fully saturated rings. The molecule has 1 heterocycles. The molecule has 0 radical (unpaired) electrons. The first-order valence-electron chi connectivity index (χ1n) is 21.7. The monoisotopic (exact) mass is 941 g/mol. The van der Waals surface area contributed by atoms with Crippen molar-refractivity contribution in [3.63, 3.8) is 0 Å². The SMILES string of the molecule is CSCC[C@H](NC(C)=O)C(=O)N(C)[C@@H]1C(=O)N[C@@H](C)C(=O)N[C@H](C(=O)N[C@@H](C)C(C)=O)Cc2ccc(OCCNC(=O)OC(C)(C)C)c(c2)-c2cc1ccc2OCCNC(=O)OC(C)(C)C. The number of likely N-dealkylation sites (N-methyl/N-ethyl adjacent to an activating group) is 1. The van der Waals surface area contributed by atoms with Crippen LogP contribution in [-0.2, 0) is 44.7 Å². The van der Waals surface area contributed by atoms with Crippen LogP contribution >= 0.6 is 11.8 Å². The van der Waals surface area contributed by atoms with E-state index >= 15 is 0 Å². The van der Waals surface area contributed by atoms with E-state index in [1.54, 1.807) is 77.9 Å². The van der Waals surface area contributed by atoms with E-state index < -0.39 is 83.1 Å². The number of ether oxygens (including phenoxy) is 4. The number of nitrogens with zero attached hydrogens (tertiary/aromatic N) is 1. The van der Waals surface area contributed by atoms with Crippen molar-refractivity contribution >= 4 is 59.3 Å². The van der Waals surface area contributed by atoms with E-state index in [2.05, 4.69) is 31.9 Å². The number of amides is 7. The van der Waals surface area contributed by atoms with Gasteiger partial charge in [0.25, 0.3) is 0 Å². The lowest BCUT2D eigenvalue weighted by molar-refractivity contribution is -0.142. The summed E-state index contributed by atoms with van der Waals surface area (Å²) >= 11 is 1.48. The van der Waals surface area contributed by atoms with Crippen molar-refractivity contribution in [2.45, 2.75) is 123 Å². The number of hydrogen-bond donors (Lipinski definition) is 6. The maximum absolute atomic E-state index is 14.6. The van der Waals surface area contributed by atoms with E-state index in [1.165, 1.54) is 51.4 Å². The summed E-state index contributed by atoms with van der Waals surface area (Å²) in [5.41, 5.74) is 0.0976. The zero-order valence-corrected chi connectivity index (χ0v) is 40.9. The average molecular weight is 942 g/mol. The lowest BCUT2D eigenvalue weighted by Crippen LogP contribution is -2.56. The van der Waals surface area contributed by atoms with E-state index in [0.717, 1.165) is 0 Å². The molecule has 3 rings (SSSR count). The van der Waals surface area contributed by atoms with Gasteiger partial charge in [-0.2, -0.15) is 11.8 Å². The fraction of sp³-hybridized carbons (Fsp3) is 0.565. The highest BCUT2D eigenvalue weighted by Crippen LogP contribution is 2.40. The molecule has 0 spiro atoms. The van der Waals surface area contributed by atoms with Gasteiger partial charge in [-0.15, -0.1) is 0 Å². The standard InChI is InChI=1S/C46H67N7O12S/c1-26(28(3)54)49-40(57)35-24-30-13-15-36(62-20-18-47-43(60)64-45(5,6)7)32(23-30)33-25-31(14-16-37(33)63-21-19-48-44(61)65-46(8,9)10)38(41(58)50-27(2)39(56)52-35)53(11)42(59)34(17-22-66-12)51-29(4)55/h13-16,23,25-27,34-35,38H,17-22,24H2,1-12H3,(H,47,60)(H,48,61)(H,49,57)(H,50,58)(H,51,55)(H,52,56)/t26-,27-,34-,35-,38-/m0/s1. The smallest absolute Gasteiger partial charge is 0.407 e. The molecule has 19 nitrogen and oxygen atoms in total. The van der Waals surface area contributed by atoms with E-state index in [9.17, 15) is 38.4 Å². The first kappa shape index (κ1) is 54.3. The number of fused-ring (bicyclic) bond motifs is 5. The summed E-state index contributed by atoms with van der Waals surface area (Å²) in [5.74, 6) is -2.41. The van der Waals surface area contributed by atoms with Crippen LogP contribution < -0.4 is 41.4 Å². The van der Waals surface area contributed by atoms with E-state index in [4.69, 9.17) is 18.9 Å². The summed E-state index contributed by atoms with van der Waals surface area (Å²) in [4.78, 5) is 107. The number of carbonyl (C=O) groups is 8. The highest BCUT2D eigenvalue weighted by atomic mass is 32.2. The Kier molecular flexibility index (Phi) is 20.1. The van der Waals surface area contributed by atoms with Gasteiger partial charge in [0.15, 0.2) is 5.78 Å². The highest BCUT2D eigenvalue weighted by molar-refractivity contribution is 7.98. The number of Topliss-reactive ketones (excluding diaryl/α,β-unsaturated/α-hetero) is 1. The molecule has 66 heavy (non-hydrogen) atoms. The third-order valence-corrected chi connectivity index (χ3v) is 10.4. The Morgan fingerprint density at radius 1 is 0.803 bits per heavy atom. The second kappa shape index (κ2) is 24.5. The molecular formula is C46H67N7O12S. The molecule has 364 valence electrons. The molecule has 7 amide bonds. The highest BCUT2D eigenvalue weighted by Gasteiger charge is 2.36. The van der Waals surface area contributed by atoms with E-state index in [1.807, 2.05) is 6.26 Å². The number of ketones is 1. The predicted molar refractivity (Wildman–Crippen MR) is 249 cm³/mol. The minimum atomic E-state index is -1.40. The van der Waals surface area contributed by atoms with Gasteiger partial charge < -0.3 is 55.7 Å². The summed E-state index contributed by atoms with van der Waals surface area (Å²) in [6.45, 7) is 16.0.